The molecule has 0 bridgehead atoms. The molecule has 2 atom stereocenters. The molecule has 2 N–H and O–H groups in total. The summed E-state index contributed by atoms with van der Waals surface area (Å²) in [6, 6.07) is 6.36. The highest BCUT2D eigenvalue weighted by atomic mass is 16.5. The molecule has 0 spiro atoms. The average molecular weight is 361 g/mol. The lowest BCUT2D eigenvalue weighted by Crippen LogP contribution is -2.47. The van der Waals surface area contributed by atoms with Gasteiger partial charge in [-0.1, -0.05) is 6.92 Å². The number of carboxylic acids is 1. The molecule has 26 heavy (non-hydrogen) atoms. The molecule has 2 rings (SSSR count). The van der Waals surface area contributed by atoms with E-state index >= 15 is 0 Å². The third-order valence-electron chi connectivity index (χ3n) is 4.19. The van der Waals surface area contributed by atoms with Crippen LogP contribution in [0.2, 0.25) is 0 Å². The quantitative estimate of drug-likeness (QED) is 0.751. The first-order valence-corrected chi connectivity index (χ1v) is 8.39. The molecule has 0 aliphatic carbocycles. The molecule has 1 aliphatic heterocycles. The number of carboxylic acid groups (broad SMARTS) is 1. The summed E-state index contributed by atoms with van der Waals surface area (Å²) in [5.74, 6) is -0.954. The minimum atomic E-state index is -0.899. The summed E-state index contributed by atoms with van der Waals surface area (Å²) >= 11 is 0. The Balaban J connectivity index is 2.13. The lowest BCUT2D eigenvalue weighted by molar-refractivity contribution is -0.143. The number of hydrogen-bond acceptors (Lipinski definition) is 5. The van der Waals surface area contributed by atoms with Gasteiger partial charge in [0.1, 0.15) is 12.4 Å². The van der Waals surface area contributed by atoms with Crippen LogP contribution < -0.4 is 10.1 Å². The van der Waals surface area contributed by atoms with E-state index in [1.165, 1.54) is 11.0 Å². The van der Waals surface area contributed by atoms with Gasteiger partial charge in [-0.25, -0.2) is 4.79 Å². The zero-order chi connectivity index (χ0) is 19.1. The number of amides is 2. The largest absolute Gasteiger partial charge is 0.489 e. The van der Waals surface area contributed by atoms with Gasteiger partial charge in [0.2, 0.25) is 0 Å². The average Bonchev–Trinajstić information content (AvgIpc) is 2.62. The van der Waals surface area contributed by atoms with E-state index in [0.29, 0.717) is 43.2 Å². The number of nitrogens with one attached hydrogen (secondary N) is 1. The van der Waals surface area contributed by atoms with Crippen LogP contribution in [-0.2, 0) is 9.53 Å². The van der Waals surface area contributed by atoms with Crippen molar-refractivity contribution in [1.29, 1.82) is 5.26 Å². The second kappa shape index (κ2) is 9.06. The molecule has 0 saturated carbocycles. The highest BCUT2D eigenvalue weighted by Gasteiger charge is 2.32. The van der Waals surface area contributed by atoms with Gasteiger partial charge in [-0.3, -0.25) is 4.79 Å². The van der Waals surface area contributed by atoms with E-state index < -0.39 is 17.9 Å². The monoisotopic (exact) mass is 361 g/mol. The zero-order valence-corrected chi connectivity index (χ0v) is 14.9. The molecular formula is C18H23N3O5. The molecule has 1 fully saturated rings. The molecule has 1 aromatic carbocycles. The Morgan fingerprint density at radius 1 is 1.38 bits per heavy atom. The van der Waals surface area contributed by atoms with Crippen LogP contribution in [0.3, 0.4) is 0 Å². The number of carbonyl (C=O) groups is 2. The molecule has 0 radical (unpaired) electrons. The van der Waals surface area contributed by atoms with Gasteiger partial charge in [-0.15, -0.1) is 0 Å². The number of aliphatic carboxylic acids is 1. The highest BCUT2D eigenvalue weighted by molar-refractivity contribution is 5.91. The minimum Gasteiger partial charge on any atom is -0.489 e. The SMILES string of the molecule is COCCOc1ccc(C#N)cc1NC(=O)N1CC(C)CC(C(=O)O)C1. The Bertz CT molecular complexity index is 701. The summed E-state index contributed by atoms with van der Waals surface area (Å²) in [7, 11) is 1.56. The van der Waals surface area contributed by atoms with Crippen molar-refractivity contribution in [2.45, 2.75) is 13.3 Å². The number of ether oxygens (including phenoxy) is 2. The van der Waals surface area contributed by atoms with Gasteiger partial charge in [0.05, 0.1) is 29.8 Å². The Morgan fingerprint density at radius 2 is 2.15 bits per heavy atom. The van der Waals surface area contributed by atoms with Crippen molar-refractivity contribution < 1.29 is 24.2 Å². The fourth-order valence-corrected chi connectivity index (χ4v) is 2.95. The normalized spacial score (nSPS) is 19.5. The third-order valence-corrected chi connectivity index (χ3v) is 4.19. The van der Waals surface area contributed by atoms with Crippen LogP contribution in [0.5, 0.6) is 5.75 Å². The maximum Gasteiger partial charge on any atom is 0.321 e. The van der Waals surface area contributed by atoms with Crippen LogP contribution in [0.4, 0.5) is 10.5 Å². The Morgan fingerprint density at radius 3 is 2.81 bits per heavy atom. The van der Waals surface area contributed by atoms with Gasteiger partial charge in [0.15, 0.2) is 0 Å². The number of carbonyl (C=O) groups excluding carboxylic acids is 1. The maximum atomic E-state index is 12.6. The number of nitriles is 1. The van der Waals surface area contributed by atoms with E-state index in [0.717, 1.165) is 0 Å². The Kier molecular flexibility index (Phi) is 6.81. The predicted molar refractivity (Wildman–Crippen MR) is 94.0 cm³/mol. The van der Waals surface area contributed by atoms with E-state index in [1.807, 2.05) is 13.0 Å². The number of urea groups is 1. The first kappa shape index (κ1) is 19.5. The van der Waals surface area contributed by atoms with E-state index in [2.05, 4.69) is 5.32 Å². The number of benzene rings is 1. The number of piperidine rings is 1. The number of anilines is 1. The van der Waals surface area contributed by atoms with E-state index in [-0.39, 0.29) is 12.5 Å². The Hall–Kier alpha value is -2.79. The second-order valence-corrected chi connectivity index (χ2v) is 6.38. The first-order chi connectivity index (χ1) is 12.4. The number of likely N-dealkylation sites (tertiary alicyclic amines) is 1. The first-order valence-electron chi connectivity index (χ1n) is 8.39. The highest BCUT2D eigenvalue weighted by Crippen LogP contribution is 2.28. The Labute approximate surface area is 152 Å². The molecule has 2 unspecified atom stereocenters. The number of hydrogen-bond donors (Lipinski definition) is 2. The fourth-order valence-electron chi connectivity index (χ4n) is 2.95. The van der Waals surface area contributed by atoms with E-state index in [9.17, 15) is 14.7 Å². The van der Waals surface area contributed by atoms with Crippen molar-refractivity contribution >= 4 is 17.7 Å². The van der Waals surface area contributed by atoms with Crippen molar-refractivity contribution in [2.75, 3.05) is 38.7 Å². The molecule has 1 aliphatic rings. The topological polar surface area (TPSA) is 112 Å². The van der Waals surface area contributed by atoms with Crippen LogP contribution >= 0.6 is 0 Å². The van der Waals surface area contributed by atoms with Crippen molar-refractivity contribution in [1.82, 2.24) is 4.90 Å². The van der Waals surface area contributed by atoms with Gasteiger partial charge >= 0.3 is 12.0 Å². The number of rotatable bonds is 6. The van der Waals surface area contributed by atoms with Crippen LogP contribution in [0.15, 0.2) is 18.2 Å². The lowest BCUT2D eigenvalue weighted by Gasteiger charge is -2.34. The lowest BCUT2D eigenvalue weighted by atomic mass is 9.91. The summed E-state index contributed by atoms with van der Waals surface area (Å²) in [5, 5.41) is 21.1. The third kappa shape index (κ3) is 5.10. The molecule has 2 amide bonds. The van der Waals surface area contributed by atoms with Crippen molar-refractivity contribution in [3.63, 3.8) is 0 Å². The molecule has 8 heteroatoms. The summed E-state index contributed by atoms with van der Waals surface area (Å²) in [4.78, 5) is 25.4. The number of nitrogens with zero attached hydrogens (tertiary/aromatic N) is 2. The fraction of sp³-hybridized carbons (Fsp3) is 0.500. The molecule has 1 saturated heterocycles. The zero-order valence-electron chi connectivity index (χ0n) is 14.9. The summed E-state index contributed by atoms with van der Waals surface area (Å²) in [5.41, 5.74) is 0.755. The predicted octanol–water partition coefficient (Wildman–Crippen LogP) is 2.16. The second-order valence-electron chi connectivity index (χ2n) is 6.38. The van der Waals surface area contributed by atoms with E-state index in [1.54, 1.807) is 19.2 Å². The van der Waals surface area contributed by atoms with Crippen LogP contribution in [0.1, 0.15) is 18.9 Å². The number of methoxy groups -OCH3 is 1. The molecule has 0 aromatic heterocycles. The van der Waals surface area contributed by atoms with Crippen molar-refractivity contribution in [3.05, 3.63) is 23.8 Å². The summed E-state index contributed by atoms with van der Waals surface area (Å²) in [6.07, 6.45) is 0.550. The molecule has 1 aromatic rings. The van der Waals surface area contributed by atoms with Gasteiger partial charge in [0.25, 0.3) is 0 Å². The molecular weight excluding hydrogens is 338 g/mol. The van der Waals surface area contributed by atoms with Gasteiger partial charge in [0, 0.05) is 20.2 Å². The molecule has 1 heterocycles. The minimum absolute atomic E-state index is 0.0958. The summed E-state index contributed by atoms with van der Waals surface area (Å²) < 4.78 is 10.5. The van der Waals surface area contributed by atoms with E-state index in [4.69, 9.17) is 14.7 Å². The molecule has 8 nitrogen and oxygen atoms in total. The van der Waals surface area contributed by atoms with Gasteiger partial charge < -0.3 is 24.8 Å². The van der Waals surface area contributed by atoms with Crippen molar-refractivity contribution in [2.24, 2.45) is 11.8 Å². The van der Waals surface area contributed by atoms with Crippen LogP contribution in [0, 0.1) is 23.2 Å². The van der Waals surface area contributed by atoms with Gasteiger partial charge in [-0.05, 0) is 30.5 Å². The van der Waals surface area contributed by atoms with Crippen LogP contribution in [0.25, 0.3) is 0 Å². The van der Waals surface area contributed by atoms with Gasteiger partial charge in [-0.2, -0.15) is 5.26 Å². The standard InChI is InChI=1S/C18H23N3O5/c1-12-7-14(17(22)23)11-21(10-12)18(24)20-15-8-13(9-19)3-4-16(15)26-6-5-25-2/h3-4,8,12,14H,5-7,10-11H2,1-2H3,(H,20,24)(H,22,23). The molecule has 140 valence electrons. The smallest absolute Gasteiger partial charge is 0.321 e. The maximum absolute atomic E-state index is 12.6. The van der Waals surface area contributed by atoms with Crippen molar-refractivity contribution in [3.8, 4) is 11.8 Å². The summed E-state index contributed by atoms with van der Waals surface area (Å²) in [6.45, 7) is 3.24. The van der Waals surface area contributed by atoms with Crippen LogP contribution in [-0.4, -0.2) is 55.4 Å².